The van der Waals surface area contributed by atoms with E-state index in [0.29, 0.717) is 0 Å². The van der Waals surface area contributed by atoms with Gasteiger partial charge in [0.05, 0.1) is 33.7 Å². The van der Waals surface area contributed by atoms with E-state index in [-0.39, 0.29) is 5.56 Å². The molecular formula is C16H18FNO7. The molecule has 1 rings (SSSR count). The first kappa shape index (κ1) is 20.1. The Morgan fingerprint density at radius 2 is 1.52 bits per heavy atom. The van der Waals surface area contributed by atoms with Gasteiger partial charge in [-0.1, -0.05) is 0 Å². The molecule has 0 saturated carbocycles. The van der Waals surface area contributed by atoms with Crippen molar-refractivity contribution in [2.75, 3.05) is 21.3 Å². The van der Waals surface area contributed by atoms with Gasteiger partial charge in [0, 0.05) is 5.56 Å². The maximum Gasteiger partial charge on any atom is 0.329 e. The van der Waals surface area contributed by atoms with Gasteiger partial charge in [-0.15, -0.1) is 0 Å². The van der Waals surface area contributed by atoms with Gasteiger partial charge in [0.15, 0.2) is 0 Å². The Balaban J connectivity index is 3.09. The van der Waals surface area contributed by atoms with E-state index in [9.17, 15) is 23.6 Å². The van der Waals surface area contributed by atoms with E-state index in [0.717, 1.165) is 33.5 Å². The molecule has 0 spiro atoms. The van der Waals surface area contributed by atoms with E-state index in [2.05, 4.69) is 19.5 Å². The second kappa shape index (κ2) is 9.36. The quantitative estimate of drug-likeness (QED) is 0.559. The van der Waals surface area contributed by atoms with Gasteiger partial charge in [-0.25, -0.2) is 9.18 Å². The van der Waals surface area contributed by atoms with Gasteiger partial charge in [0.1, 0.15) is 11.9 Å². The molecular weight excluding hydrogens is 337 g/mol. The molecule has 8 nitrogen and oxygen atoms in total. The Hall–Kier alpha value is -2.97. The van der Waals surface area contributed by atoms with Crippen LogP contribution in [0.1, 0.15) is 16.8 Å². The van der Waals surface area contributed by atoms with Crippen LogP contribution in [-0.2, 0) is 28.6 Å². The Bertz CT molecular complexity index is 644. The van der Waals surface area contributed by atoms with E-state index in [1.54, 1.807) is 0 Å². The molecule has 0 radical (unpaired) electrons. The number of esters is 3. The zero-order valence-electron chi connectivity index (χ0n) is 13.9. The van der Waals surface area contributed by atoms with Crippen molar-refractivity contribution >= 4 is 23.8 Å². The van der Waals surface area contributed by atoms with Gasteiger partial charge in [0.2, 0.25) is 0 Å². The van der Waals surface area contributed by atoms with Gasteiger partial charge in [-0.05, 0) is 24.3 Å². The highest BCUT2D eigenvalue weighted by Crippen LogP contribution is 2.15. The number of hydrogen-bond acceptors (Lipinski definition) is 7. The molecule has 1 amide bonds. The highest BCUT2D eigenvalue weighted by atomic mass is 19.1. The first-order valence-corrected chi connectivity index (χ1v) is 7.13. The van der Waals surface area contributed by atoms with Crippen LogP contribution in [0.5, 0.6) is 0 Å². The van der Waals surface area contributed by atoms with Crippen molar-refractivity contribution in [3.05, 3.63) is 35.6 Å². The monoisotopic (exact) mass is 355 g/mol. The molecule has 25 heavy (non-hydrogen) atoms. The third kappa shape index (κ3) is 5.55. The van der Waals surface area contributed by atoms with Crippen molar-refractivity contribution in [1.29, 1.82) is 0 Å². The van der Waals surface area contributed by atoms with Gasteiger partial charge in [0.25, 0.3) is 5.91 Å². The average molecular weight is 355 g/mol. The van der Waals surface area contributed by atoms with E-state index < -0.39 is 48.0 Å². The molecule has 1 aromatic rings. The summed E-state index contributed by atoms with van der Waals surface area (Å²) in [6.45, 7) is 0. The minimum atomic E-state index is -1.49. The maximum atomic E-state index is 12.9. The molecule has 0 heterocycles. The summed E-state index contributed by atoms with van der Waals surface area (Å²) in [5.41, 5.74) is 0.0528. The Labute approximate surface area is 143 Å². The van der Waals surface area contributed by atoms with E-state index in [1.165, 1.54) is 12.1 Å². The summed E-state index contributed by atoms with van der Waals surface area (Å²) in [6, 6.07) is 3.04. The molecule has 0 fully saturated rings. The summed E-state index contributed by atoms with van der Waals surface area (Å²) in [5.74, 6) is -5.28. The van der Waals surface area contributed by atoms with Gasteiger partial charge < -0.3 is 19.5 Å². The van der Waals surface area contributed by atoms with Crippen molar-refractivity contribution in [2.45, 2.75) is 12.5 Å². The number of amides is 1. The molecule has 0 aromatic heterocycles. The fourth-order valence-corrected chi connectivity index (χ4v) is 2.03. The topological polar surface area (TPSA) is 108 Å². The molecule has 0 aliphatic carbocycles. The number of rotatable bonds is 7. The first-order chi connectivity index (χ1) is 11.8. The van der Waals surface area contributed by atoms with Crippen molar-refractivity contribution in [1.82, 2.24) is 5.32 Å². The van der Waals surface area contributed by atoms with Crippen molar-refractivity contribution in [3.63, 3.8) is 0 Å². The van der Waals surface area contributed by atoms with Gasteiger partial charge in [-0.3, -0.25) is 14.4 Å². The zero-order chi connectivity index (χ0) is 19.0. The molecule has 0 unspecified atom stereocenters. The van der Waals surface area contributed by atoms with Crippen molar-refractivity contribution in [3.8, 4) is 0 Å². The van der Waals surface area contributed by atoms with E-state index in [1.807, 2.05) is 0 Å². The van der Waals surface area contributed by atoms with Crippen LogP contribution in [0.2, 0.25) is 0 Å². The number of carbonyl (C=O) groups excluding carboxylic acids is 4. The molecule has 9 heteroatoms. The number of ether oxygens (including phenoxy) is 3. The van der Waals surface area contributed by atoms with Crippen LogP contribution >= 0.6 is 0 Å². The van der Waals surface area contributed by atoms with E-state index in [4.69, 9.17) is 0 Å². The molecule has 0 aliphatic heterocycles. The normalized spacial score (nSPS) is 12.5. The molecule has 2 atom stereocenters. The summed E-state index contributed by atoms with van der Waals surface area (Å²) >= 11 is 0. The maximum absolute atomic E-state index is 12.9. The lowest BCUT2D eigenvalue weighted by atomic mass is 9.95. The van der Waals surface area contributed by atoms with Crippen LogP contribution in [0.3, 0.4) is 0 Å². The number of nitrogens with one attached hydrogen (secondary N) is 1. The molecule has 0 saturated heterocycles. The average Bonchev–Trinajstić information content (AvgIpc) is 2.63. The number of methoxy groups -OCH3 is 3. The number of benzene rings is 1. The SMILES string of the molecule is COC(=O)C[C@H](C(=O)OC)[C@H](NC(=O)c1ccc(F)cc1)C(=O)OC. The fourth-order valence-electron chi connectivity index (χ4n) is 2.03. The third-order valence-electron chi connectivity index (χ3n) is 3.37. The third-order valence-corrected chi connectivity index (χ3v) is 3.37. The number of halogens is 1. The Kier molecular flexibility index (Phi) is 7.51. The summed E-state index contributed by atoms with van der Waals surface area (Å²) in [5, 5.41) is 2.30. The van der Waals surface area contributed by atoms with Crippen LogP contribution in [0.4, 0.5) is 4.39 Å². The van der Waals surface area contributed by atoms with Crippen LogP contribution < -0.4 is 5.32 Å². The number of carbonyl (C=O) groups is 4. The van der Waals surface area contributed by atoms with Crippen LogP contribution in [0.25, 0.3) is 0 Å². The van der Waals surface area contributed by atoms with Crippen LogP contribution in [0.15, 0.2) is 24.3 Å². The van der Waals surface area contributed by atoms with Crippen LogP contribution in [0, 0.1) is 11.7 Å². The Morgan fingerprint density at radius 3 is 2.00 bits per heavy atom. The largest absolute Gasteiger partial charge is 0.469 e. The summed E-state index contributed by atoms with van der Waals surface area (Å²) in [4.78, 5) is 47.7. The smallest absolute Gasteiger partial charge is 0.329 e. The molecule has 1 N–H and O–H groups in total. The summed E-state index contributed by atoms with van der Waals surface area (Å²) < 4.78 is 26.6. The fraction of sp³-hybridized carbons (Fsp3) is 0.375. The highest BCUT2D eigenvalue weighted by Gasteiger charge is 2.38. The van der Waals surface area contributed by atoms with E-state index >= 15 is 0 Å². The highest BCUT2D eigenvalue weighted by molar-refractivity contribution is 5.98. The molecule has 136 valence electrons. The Morgan fingerprint density at radius 1 is 0.960 bits per heavy atom. The predicted molar refractivity (Wildman–Crippen MR) is 81.8 cm³/mol. The second-order valence-corrected chi connectivity index (χ2v) is 4.89. The van der Waals surface area contributed by atoms with Crippen molar-refractivity contribution in [2.24, 2.45) is 5.92 Å². The molecule has 1 aromatic carbocycles. The number of hydrogen-bond donors (Lipinski definition) is 1. The summed E-state index contributed by atoms with van der Waals surface area (Å²) in [7, 11) is 3.25. The lowest BCUT2D eigenvalue weighted by Gasteiger charge is -2.23. The molecule has 0 bridgehead atoms. The first-order valence-electron chi connectivity index (χ1n) is 7.13. The zero-order valence-corrected chi connectivity index (χ0v) is 13.9. The second-order valence-electron chi connectivity index (χ2n) is 4.89. The minimum absolute atomic E-state index is 0.0528. The van der Waals surface area contributed by atoms with Crippen LogP contribution in [-0.4, -0.2) is 51.2 Å². The minimum Gasteiger partial charge on any atom is -0.469 e. The predicted octanol–water partition coefficient (Wildman–Crippen LogP) is 0.449. The van der Waals surface area contributed by atoms with Gasteiger partial charge >= 0.3 is 17.9 Å². The van der Waals surface area contributed by atoms with Crippen molar-refractivity contribution < 1.29 is 37.8 Å². The standard InChI is InChI=1S/C16H18FNO7/c1-23-12(19)8-11(15(21)24-2)13(16(22)25-3)18-14(20)9-4-6-10(17)7-5-9/h4-7,11,13H,8H2,1-3H3,(H,18,20)/t11-,13-/m0/s1. The molecule has 0 aliphatic rings. The lowest BCUT2D eigenvalue weighted by molar-refractivity contribution is -0.158. The van der Waals surface area contributed by atoms with Gasteiger partial charge in [-0.2, -0.15) is 0 Å². The summed E-state index contributed by atoms with van der Waals surface area (Å²) in [6.07, 6.45) is -0.507. The lowest BCUT2D eigenvalue weighted by Crippen LogP contribution is -2.50.